The fraction of sp³-hybridized carbons (Fsp3) is 0.533. The number of carboxylic acid groups (broad SMARTS) is 1. The van der Waals surface area contributed by atoms with Gasteiger partial charge in [0, 0.05) is 18.3 Å². The van der Waals surface area contributed by atoms with Gasteiger partial charge >= 0.3 is 5.97 Å². The summed E-state index contributed by atoms with van der Waals surface area (Å²) in [5, 5.41) is 34.3. The second-order valence-electron chi connectivity index (χ2n) is 5.97. The van der Waals surface area contributed by atoms with Gasteiger partial charge in [-0.3, -0.25) is 14.4 Å². The van der Waals surface area contributed by atoms with Gasteiger partial charge in [0.2, 0.25) is 17.7 Å². The summed E-state index contributed by atoms with van der Waals surface area (Å²) in [7, 11) is 0. The number of aromatic nitrogens is 2. The molecule has 0 bridgehead atoms. The number of nitrogens with one attached hydrogen (secondary N) is 4. The lowest BCUT2D eigenvalue weighted by atomic mass is 10.1. The second kappa shape index (κ2) is 11.0. The van der Waals surface area contributed by atoms with Crippen LogP contribution in [0.1, 0.15) is 12.6 Å². The van der Waals surface area contributed by atoms with Gasteiger partial charge in [-0.05, 0) is 6.92 Å². The maximum atomic E-state index is 12.1. The van der Waals surface area contributed by atoms with Gasteiger partial charge in [0.05, 0.1) is 25.6 Å². The molecule has 9 N–H and O–H groups in total. The summed E-state index contributed by atoms with van der Waals surface area (Å²) in [4.78, 5) is 53.4. The van der Waals surface area contributed by atoms with Crippen molar-refractivity contribution in [2.24, 2.45) is 5.73 Å². The lowest BCUT2D eigenvalue weighted by molar-refractivity contribution is -0.141. The first-order valence-corrected chi connectivity index (χ1v) is 8.27. The molecule has 28 heavy (non-hydrogen) atoms. The van der Waals surface area contributed by atoms with Crippen LogP contribution < -0.4 is 21.7 Å². The molecule has 0 fully saturated rings. The van der Waals surface area contributed by atoms with Crippen LogP contribution in [0, 0.1) is 0 Å². The Kier molecular flexibility index (Phi) is 9.01. The second-order valence-corrected chi connectivity index (χ2v) is 5.97. The third-order valence-electron chi connectivity index (χ3n) is 3.63. The predicted molar refractivity (Wildman–Crippen MR) is 93.5 cm³/mol. The molecule has 1 aromatic heterocycles. The summed E-state index contributed by atoms with van der Waals surface area (Å²) in [6.07, 6.45) is 1.42. The highest BCUT2D eigenvalue weighted by Crippen LogP contribution is 1.99. The molecule has 3 amide bonds. The van der Waals surface area contributed by atoms with Gasteiger partial charge in [0.15, 0.2) is 0 Å². The Morgan fingerprint density at radius 2 is 1.93 bits per heavy atom. The van der Waals surface area contributed by atoms with Crippen molar-refractivity contribution in [1.82, 2.24) is 25.9 Å². The molecule has 4 atom stereocenters. The molecule has 1 aromatic rings. The molecule has 0 saturated carbocycles. The topological polar surface area (TPSA) is 220 Å². The summed E-state index contributed by atoms with van der Waals surface area (Å²) in [6.45, 7) is -0.00798. The molecule has 156 valence electrons. The zero-order chi connectivity index (χ0) is 21.3. The van der Waals surface area contributed by atoms with Gasteiger partial charge in [0.25, 0.3) is 0 Å². The normalized spacial score (nSPS) is 15.0. The monoisotopic (exact) mass is 400 g/mol. The maximum Gasteiger partial charge on any atom is 0.326 e. The molecule has 0 radical (unpaired) electrons. The van der Waals surface area contributed by atoms with E-state index in [0.29, 0.717) is 5.69 Å². The van der Waals surface area contributed by atoms with E-state index < -0.39 is 61.1 Å². The van der Waals surface area contributed by atoms with Crippen molar-refractivity contribution in [2.45, 2.75) is 37.6 Å². The van der Waals surface area contributed by atoms with Crippen LogP contribution in [0.4, 0.5) is 0 Å². The van der Waals surface area contributed by atoms with Crippen molar-refractivity contribution in [3.05, 3.63) is 18.2 Å². The molecule has 0 aromatic carbocycles. The van der Waals surface area contributed by atoms with Crippen LogP contribution in [0.2, 0.25) is 0 Å². The van der Waals surface area contributed by atoms with E-state index >= 15 is 0 Å². The number of carbonyl (C=O) groups is 4. The van der Waals surface area contributed by atoms with Crippen molar-refractivity contribution in [3.63, 3.8) is 0 Å². The first-order chi connectivity index (χ1) is 13.1. The Hall–Kier alpha value is -3.03. The van der Waals surface area contributed by atoms with E-state index in [9.17, 15) is 29.4 Å². The third kappa shape index (κ3) is 7.30. The number of nitrogens with two attached hydrogens (primary N) is 1. The van der Waals surface area contributed by atoms with E-state index in [0.717, 1.165) is 0 Å². The molecule has 4 unspecified atom stereocenters. The Bertz CT molecular complexity index is 678. The first-order valence-electron chi connectivity index (χ1n) is 8.27. The number of imidazole rings is 1. The molecule has 0 spiro atoms. The summed E-state index contributed by atoms with van der Waals surface area (Å²) in [5.41, 5.74) is 5.82. The van der Waals surface area contributed by atoms with E-state index in [1.54, 1.807) is 0 Å². The number of aliphatic hydroxyl groups is 2. The number of aromatic amines is 1. The number of aliphatic hydroxyl groups excluding tert-OH is 2. The molecule has 13 heteroatoms. The van der Waals surface area contributed by atoms with Crippen LogP contribution in [0.15, 0.2) is 12.5 Å². The van der Waals surface area contributed by atoms with Gasteiger partial charge in [-0.2, -0.15) is 0 Å². The van der Waals surface area contributed by atoms with Crippen LogP contribution in [-0.4, -0.2) is 86.4 Å². The number of H-pyrrole nitrogens is 1. The summed E-state index contributed by atoms with van der Waals surface area (Å²) < 4.78 is 0. The largest absolute Gasteiger partial charge is 0.480 e. The summed E-state index contributed by atoms with van der Waals surface area (Å²) >= 11 is 0. The number of hydrogen-bond donors (Lipinski definition) is 8. The zero-order valence-corrected chi connectivity index (χ0v) is 15.1. The minimum absolute atomic E-state index is 0.0412. The van der Waals surface area contributed by atoms with E-state index in [1.807, 2.05) is 0 Å². The van der Waals surface area contributed by atoms with Crippen LogP contribution in [0.25, 0.3) is 0 Å². The molecule has 1 rings (SSSR count). The van der Waals surface area contributed by atoms with Gasteiger partial charge in [-0.25, -0.2) is 9.78 Å². The highest BCUT2D eigenvalue weighted by molar-refractivity contribution is 5.92. The Morgan fingerprint density at radius 1 is 1.25 bits per heavy atom. The lowest BCUT2D eigenvalue weighted by Crippen LogP contribution is -2.57. The van der Waals surface area contributed by atoms with Crippen molar-refractivity contribution in [3.8, 4) is 0 Å². The SMILES string of the molecule is CC(O)C(NC(=O)C(N)CO)C(=O)NCC(=O)NC(Cc1cnc[nH]1)C(=O)O. The standard InChI is InChI=1S/C15H24N6O7/c1-7(23)12(21-13(25)9(16)5-22)14(26)18-4-11(24)20-10(15(27)28)2-8-3-17-6-19-8/h3,6-7,9-10,12,22-23H,2,4-5,16H2,1H3,(H,17,19)(H,18,26)(H,20,24)(H,21,25)(H,27,28). The van der Waals surface area contributed by atoms with Crippen LogP contribution in [0.5, 0.6) is 0 Å². The average molecular weight is 400 g/mol. The molecular formula is C15H24N6O7. The Morgan fingerprint density at radius 3 is 2.43 bits per heavy atom. The smallest absolute Gasteiger partial charge is 0.326 e. The highest BCUT2D eigenvalue weighted by atomic mass is 16.4. The number of aliphatic carboxylic acids is 1. The van der Waals surface area contributed by atoms with Crippen molar-refractivity contribution >= 4 is 23.7 Å². The number of amides is 3. The number of carboxylic acids is 1. The van der Waals surface area contributed by atoms with Crippen molar-refractivity contribution in [1.29, 1.82) is 0 Å². The summed E-state index contributed by atoms with van der Waals surface area (Å²) in [5.74, 6) is -3.81. The van der Waals surface area contributed by atoms with Crippen LogP contribution in [0.3, 0.4) is 0 Å². The molecule has 0 aliphatic heterocycles. The molecule has 13 nitrogen and oxygen atoms in total. The van der Waals surface area contributed by atoms with Crippen LogP contribution >= 0.6 is 0 Å². The zero-order valence-electron chi connectivity index (χ0n) is 15.1. The van der Waals surface area contributed by atoms with E-state index in [1.165, 1.54) is 19.4 Å². The third-order valence-corrected chi connectivity index (χ3v) is 3.63. The van der Waals surface area contributed by atoms with E-state index in [2.05, 4.69) is 25.9 Å². The molecule has 0 saturated heterocycles. The average Bonchev–Trinajstić information content (AvgIpc) is 3.15. The molecular weight excluding hydrogens is 376 g/mol. The molecule has 0 aliphatic rings. The number of rotatable bonds is 11. The van der Waals surface area contributed by atoms with Gasteiger partial charge in [-0.15, -0.1) is 0 Å². The minimum Gasteiger partial charge on any atom is -0.480 e. The van der Waals surface area contributed by atoms with Gasteiger partial charge < -0.3 is 42.0 Å². The Labute approximate surface area is 159 Å². The maximum absolute atomic E-state index is 12.1. The fourth-order valence-corrected chi connectivity index (χ4v) is 2.09. The van der Waals surface area contributed by atoms with Crippen molar-refractivity contribution in [2.75, 3.05) is 13.2 Å². The Balaban J connectivity index is 2.59. The van der Waals surface area contributed by atoms with E-state index in [4.69, 9.17) is 10.8 Å². The van der Waals surface area contributed by atoms with Crippen LogP contribution in [-0.2, 0) is 25.6 Å². The lowest BCUT2D eigenvalue weighted by Gasteiger charge is -2.22. The van der Waals surface area contributed by atoms with Crippen molar-refractivity contribution < 1.29 is 34.5 Å². The first kappa shape index (κ1) is 23.0. The van der Waals surface area contributed by atoms with Gasteiger partial charge in [0.1, 0.15) is 18.1 Å². The van der Waals surface area contributed by atoms with Gasteiger partial charge in [-0.1, -0.05) is 0 Å². The molecule has 0 aliphatic carbocycles. The number of nitrogens with zero attached hydrogens (tertiary/aromatic N) is 1. The highest BCUT2D eigenvalue weighted by Gasteiger charge is 2.28. The van der Waals surface area contributed by atoms with E-state index in [-0.39, 0.29) is 6.42 Å². The quantitative estimate of drug-likeness (QED) is 0.180. The summed E-state index contributed by atoms with van der Waals surface area (Å²) in [6, 6.07) is -3.95. The molecule has 1 heterocycles. The number of hydrogen-bond acceptors (Lipinski definition) is 8. The number of carbonyl (C=O) groups excluding carboxylic acids is 3. The predicted octanol–water partition coefficient (Wildman–Crippen LogP) is -4.18. The fourth-order valence-electron chi connectivity index (χ4n) is 2.09. The minimum atomic E-state index is -1.42.